The molecule has 0 fully saturated rings. The van der Waals surface area contributed by atoms with Crippen molar-refractivity contribution in [1.29, 1.82) is 0 Å². The van der Waals surface area contributed by atoms with Crippen LogP contribution < -0.4 is 0 Å². The Bertz CT molecular complexity index is 276. The van der Waals surface area contributed by atoms with Crippen LogP contribution in [0, 0.1) is 0 Å². The van der Waals surface area contributed by atoms with E-state index in [0.717, 1.165) is 31.6 Å². The largest absolute Gasteiger partial charge is 0.278 e. The van der Waals surface area contributed by atoms with Gasteiger partial charge in [0.05, 0.1) is 5.69 Å². The van der Waals surface area contributed by atoms with Crippen molar-refractivity contribution < 1.29 is 0 Å². The maximum absolute atomic E-state index is 4.23. The first-order chi connectivity index (χ1) is 7.36. The van der Waals surface area contributed by atoms with Gasteiger partial charge in [-0.2, -0.15) is 0 Å². The zero-order valence-electron chi connectivity index (χ0n) is 9.56. The van der Waals surface area contributed by atoms with Crippen molar-refractivity contribution in [3.8, 4) is 0 Å². The van der Waals surface area contributed by atoms with Crippen LogP contribution in [-0.2, 0) is 0 Å². The lowest BCUT2D eigenvalue weighted by Crippen LogP contribution is -2.18. The molecule has 0 unspecified atom stereocenters. The van der Waals surface area contributed by atoms with Crippen molar-refractivity contribution in [2.45, 2.75) is 26.7 Å². The molecule has 1 rings (SSSR count). The molecule has 1 aromatic carbocycles. The van der Waals surface area contributed by atoms with Gasteiger partial charge in [0.15, 0.2) is 0 Å². The van der Waals surface area contributed by atoms with Gasteiger partial charge in [-0.3, -0.25) is 5.01 Å². The topological polar surface area (TPSA) is 28.0 Å². The third kappa shape index (κ3) is 4.58. The van der Waals surface area contributed by atoms with Crippen molar-refractivity contribution in [2.75, 3.05) is 13.1 Å². The fourth-order valence-corrected chi connectivity index (χ4v) is 1.33. The average molecular weight is 205 g/mol. The van der Waals surface area contributed by atoms with E-state index in [4.69, 9.17) is 0 Å². The molecule has 0 saturated carbocycles. The van der Waals surface area contributed by atoms with Crippen molar-refractivity contribution in [3.05, 3.63) is 30.3 Å². The zero-order valence-corrected chi connectivity index (χ0v) is 9.56. The van der Waals surface area contributed by atoms with Gasteiger partial charge in [0.2, 0.25) is 0 Å². The molecule has 82 valence electrons. The lowest BCUT2D eigenvalue weighted by Gasteiger charge is -2.14. The average Bonchev–Trinajstić information content (AvgIpc) is 2.28. The van der Waals surface area contributed by atoms with E-state index in [2.05, 4.69) is 24.2 Å². The first-order valence-electron chi connectivity index (χ1n) is 5.58. The number of benzene rings is 1. The van der Waals surface area contributed by atoms with Crippen molar-refractivity contribution in [3.63, 3.8) is 0 Å². The first kappa shape index (κ1) is 11.7. The SMILES string of the molecule is CCCN(CCC)/N=N\c1ccccc1. The fourth-order valence-electron chi connectivity index (χ4n) is 1.33. The van der Waals surface area contributed by atoms with E-state index in [1.165, 1.54) is 0 Å². The molecule has 0 N–H and O–H groups in total. The Balaban J connectivity index is 2.53. The second kappa shape index (κ2) is 6.98. The van der Waals surface area contributed by atoms with Gasteiger partial charge in [-0.05, 0) is 25.0 Å². The molecule has 15 heavy (non-hydrogen) atoms. The molecule has 0 spiro atoms. The van der Waals surface area contributed by atoms with Crippen molar-refractivity contribution >= 4 is 5.69 Å². The van der Waals surface area contributed by atoms with E-state index in [-0.39, 0.29) is 0 Å². The molecule has 0 saturated heterocycles. The zero-order chi connectivity index (χ0) is 10.9. The van der Waals surface area contributed by atoms with Gasteiger partial charge in [0.25, 0.3) is 0 Å². The van der Waals surface area contributed by atoms with Gasteiger partial charge in [0.1, 0.15) is 0 Å². The minimum atomic E-state index is 0.912. The molecule has 0 heterocycles. The Labute approximate surface area is 91.8 Å². The molecule has 0 aromatic heterocycles. The highest BCUT2D eigenvalue weighted by atomic mass is 15.5. The maximum atomic E-state index is 4.23. The Morgan fingerprint density at radius 2 is 1.60 bits per heavy atom. The van der Waals surface area contributed by atoms with Crippen LogP contribution in [0.4, 0.5) is 5.69 Å². The number of hydrogen-bond donors (Lipinski definition) is 0. The minimum absolute atomic E-state index is 0.912. The Kier molecular flexibility index (Phi) is 5.44. The normalized spacial score (nSPS) is 10.8. The summed E-state index contributed by atoms with van der Waals surface area (Å²) < 4.78 is 0. The van der Waals surface area contributed by atoms with E-state index in [1.54, 1.807) is 0 Å². The summed E-state index contributed by atoms with van der Waals surface area (Å²) in [5, 5.41) is 10.4. The molecule has 0 atom stereocenters. The van der Waals surface area contributed by atoms with Crippen LogP contribution in [0.5, 0.6) is 0 Å². The second-order valence-electron chi connectivity index (χ2n) is 3.48. The standard InChI is InChI=1S/C12H19N3/c1-3-10-15(11-4-2)14-13-12-8-6-5-7-9-12/h5-9H,3-4,10-11H2,1-2H3/b14-13-. The molecule has 0 radical (unpaired) electrons. The fraction of sp³-hybridized carbons (Fsp3) is 0.500. The van der Waals surface area contributed by atoms with Crippen LogP contribution in [0.25, 0.3) is 0 Å². The minimum Gasteiger partial charge on any atom is -0.278 e. The smallest absolute Gasteiger partial charge is 0.0874 e. The van der Waals surface area contributed by atoms with Crippen LogP contribution in [0.15, 0.2) is 40.7 Å². The number of nitrogens with zero attached hydrogens (tertiary/aromatic N) is 3. The predicted octanol–water partition coefficient (Wildman–Crippen LogP) is 3.81. The van der Waals surface area contributed by atoms with Crippen LogP contribution in [-0.4, -0.2) is 18.1 Å². The highest BCUT2D eigenvalue weighted by Gasteiger charge is 1.97. The Morgan fingerprint density at radius 3 is 2.13 bits per heavy atom. The summed E-state index contributed by atoms with van der Waals surface area (Å²) >= 11 is 0. The van der Waals surface area contributed by atoms with E-state index in [9.17, 15) is 0 Å². The molecule has 1 aromatic rings. The summed E-state index contributed by atoms with van der Waals surface area (Å²) in [7, 11) is 0. The lowest BCUT2D eigenvalue weighted by atomic mass is 10.3. The molecule has 0 amide bonds. The van der Waals surface area contributed by atoms with Gasteiger partial charge >= 0.3 is 0 Å². The van der Waals surface area contributed by atoms with E-state index in [0.29, 0.717) is 0 Å². The van der Waals surface area contributed by atoms with Gasteiger partial charge in [0, 0.05) is 13.1 Å². The first-order valence-corrected chi connectivity index (χ1v) is 5.58. The maximum Gasteiger partial charge on any atom is 0.0874 e. The third-order valence-electron chi connectivity index (χ3n) is 2.01. The van der Waals surface area contributed by atoms with Crippen LogP contribution in [0.1, 0.15) is 26.7 Å². The summed E-state index contributed by atoms with van der Waals surface area (Å²) in [6.45, 7) is 6.26. The summed E-state index contributed by atoms with van der Waals surface area (Å²) in [6, 6.07) is 9.84. The number of hydrogen-bond acceptors (Lipinski definition) is 2. The van der Waals surface area contributed by atoms with Crippen LogP contribution in [0.2, 0.25) is 0 Å². The molecule has 0 bridgehead atoms. The van der Waals surface area contributed by atoms with Crippen LogP contribution >= 0.6 is 0 Å². The molecule has 3 nitrogen and oxygen atoms in total. The van der Waals surface area contributed by atoms with Crippen molar-refractivity contribution in [1.82, 2.24) is 5.01 Å². The van der Waals surface area contributed by atoms with E-state index in [1.807, 2.05) is 35.3 Å². The Hall–Kier alpha value is -1.38. The quantitative estimate of drug-likeness (QED) is 0.512. The van der Waals surface area contributed by atoms with E-state index < -0.39 is 0 Å². The summed E-state index contributed by atoms with van der Waals surface area (Å²) in [4.78, 5) is 0. The summed E-state index contributed by atoms with van der Waals surface area (Å²) in [5.41, 5.74) is 0.912. The summed E-state index contributed by atoms with van der Waals surface area (Å²) in [5.74, 6) is 0. The Morgan fingerprint density at radius 1 is 1.00 bits per heavy atom. The highest BCUT2D eigenvalue weighted by molar-refractivity contribution is 5.34. The molecular weight excluding hydrogens is 186 g/mol. The van der Waals surface area contributed by atoms with Gasteiger partial charge in [-0.15, -0.1) is 5.11 Å². The predicted molar refractivity (Wildman–Crippen MR) is 63.1 cm³/mol. The van der Waals surface area contributed by atoms with Crippen molar-refractivity contribution in [2.24, 2.45) is 10.3 Å². The highest BCUT2D eigenvalue weighted by Crippen LogP contribution is 2.11. The molecule has 0 aliphatic heterocycles. The van der Waals surface area contributed by atoms with Crippen LogP contribution in [0.3, 0.4) is 0 Å². The summed E-state index contributed by atoms with van der Waals surface area (Å²) in [6.07, 6.45) is 2.21. The third-order valence-corrected chi connectivity index (χ3v) is 2.01. The number of rotatable bonds is 6. The monoisotopic (exact) mass is 205 g/mol. The van der Waals surface area contributed by atoms with Gasteiger partial charge < -0.3 is 0 Å². The van der Waals surface area contributed by atoms with Gasteiger partial charge in [-0.25, -0.2) is 0 Å². The lowest BCUT2D eigenvalue weighted by molar-refractivity contribution is 0.271. The molecule has 0 aliphatic carbocycles. The van der Waals surface area contributed by atoms with E-state index >= 15 is 0 Å². The molecule has 0 aliphatic rings. The molecular formula is C12H19N3. The van der Waals surface area contributed by atoms with Gasteiger partial charge in [-0.1, -0.05) is 37.3 Å². The second-order valence-corrected chi connectivity index (χ2v) is 3.48. The molecule has 3 heteroatoms.